The third-order valence-corrected chi connectivity index (χ3v) is 3.50. The Kier molecular flexibility index (Phi) is 3.19. The quantitative estimate of drug-likeness (QED) is 0.828. The molecule has 0 spiro atoms. The van der Waals surface area contributed by atoms with Crippen LogP contribution in [0.25, 0.3) is 10.6 Å². The molecule has 1 aromatic heterocycles. The van der Waals surface area contributed by atoms with E-state index in [0.717, 1.165) is 15.6 Å². The van der Waals surface area contributed by atoms with E-state index in [9.17, 15) is 0 Å². The summed E-state index contributed by atoms with van der Waals surface area (Å²) >= 11 is 11.6. The lowest BCUT2D eigenvalue weighted by Gasteiger charge is -2.04. The number of aromatic nitrogens is 1. The van der Waals surface area contributed by atoms with Gasteiger partial charge in [0.1, 0.15) is 15.8 Å². The second-order valence-corrected chi connectivity index (χ2v) is 4.58. The summed E-state index contributed by atoms with van der Waals surface area (Å²) in [5.74, 6) is 0.657. The molecule has 0 unspecified atom stereocenters. The minimum Gasteiger partial charge on any atom is -0.495 e. The van der Waals surface area contributed by atoms with Crippen molar-refractivity contribution >= 4 is 35.6 Å². The largest absolute Gasteiger partial charge is 0.495 e. The molecule has 0 aliphatic rings. The van der Waals surface area contributed by atoms with Gasteiger partial charge < -0.3 is 4.74 Å². The first-order valence-electron chi connectivity index (χ1n) is 4.19. The Bertz CT molecular complexity index is 484. The van der Waals surface area contributed by atoms with E-state index in [1.165, 1.54) is 0 Å². The topological polar surface area (TPSA) is 22.1 Å². The Morgan fingerprint density at radius 3 is 2.87 bits per heavy atom. The zero-order chi connectivity index (χ0) is 10.8. The minimum absolute atomic E-state index is 0.601. The van der Waals surface area contributed by atoms with Gasteiger partial charge in [-0.15, -0.1) is 24.0 Å². The molecule has 2 rings (SSSR count). The molecule has 2 aromatic rings. The monoisotopic (exact) mass is 257 g/mol. The maximum Gasteiger partial charge on any atom is 0.138 e. The maximum absolute atomic E-state index is 5.93. The first kappa shape index (κ1) is 10.8. The van der Waals surface area contributed by atoms with Crippen molar-refractivity contribution in [1.82, 2.24) is 4.98 Å². The van der Waals surface area contributed by atoms with E-state index in [1.807, 2.05) is 17.5 Å². The number of nitrogens with zero attached hydrogens (tertiary/aromatic N) is 1. The molecule has 0 saturated heterocycles. The van der Waals surface area contributed by atoms with E-state index in [0.29, 0.717) is 10.8 Å². The molecule has 0 saturated carbocycles. The number of hydrogen-bond acceptors (Lipinski definition) is 4. The Labute approximate surface area is 102 Å². The number of thiazole rings is 1. The molecule has 0 aliphatic heterocycles. The van der Waals surface area contributed by atoms with Crippen LogP contribution in [0.4, 0.5) is 0 Å². The Balaban J connectivity index is 2.45. The number of benzene rings is 1. The normalized spacial score (nSPS) is 10.3. The molecule has 5 heteroatoms. The van der Waals surface area contributed by atoms with E-state index in [1.54, 1.807) is 24.5 Å². The van der Waals surface area contributed by atoms with Crippen molar-refractivity contribution in [2.45, 2.75) is 5.03 Å². The van der Waals surface area contributed by atoms with Gasteiger partial charge in [0.2, 0.25) is 0 Å². The van der Waals surface area contributed by atoms with Gasteiger partial charge in [-0.1, -0.05) is 17.7 Å². The number of ether oxygens (including phenoxy) is 1. The molecule has 78 valence electrons. The lowest BCUT2D eigenvalue weighted by atomic mass is 10.2. The third kappa shape index (κ3) is 2.27. The highest BCUT2D eigenvalue weighted by molar-refractivity contribution is 7.80. The van der Waals surface area contributed by atoms with Crippen LogP contribution < -0.4 is 4.74 Å². The predicted octanol–water partition coefficient (Wildman–Crippen LogP) is 3.76. The van der Waals surface area contributed by atoms with Crippen LogP contribution in [0, 0.1) is 0 Å². The zero-order valence-corrected chi connectivity index (χ0v) is 10.4. The van der Waals surface area contributed by atoms with Gasteiger partial charge in [-0.2, -0.15) is 0 Å². The predicted molar refractivity (Wildman–Crippen MR) is 66.4 cm³/mol. The van der Waals surface area contributed by atoms with Crippen molar-refractivity contribution in [1.29, 1.82) is 0 Å². The molecule has 0 N–H and O–H groups in total. The summed E-state index contributed by atoms with van der Waals surface area (Å²) in [5, 5.41) is 4.13. The molecule has 0 radical (unpaired) electrons. The van der Waals surface area contributed by atoms with Gasteiger partial charge in [0.25, 0.3) is 0 Å². The van der Waals surface area contributed by atoms with E-state index < -0.39 is 0 Å². The van der Waals surface area contributed by atoms with Gasteiger partial charge in [0.15, 0.2) is 0 Å². The van der Waals surface area contributed by atoms with Gasteiger partial charge >= 0.3 is 0 Å². The lowest BCUT2D eigenvalue weighted by Crippen LogP contribution is -1.85. The third-order valence-electron chi connectivity index (χ3n) is 1.89. The summed E-state index contributed by atoms with van der Waals surface area (Å²) in [7, 11) is 1.59. The minimum atomic E-state index is 0.601. The summed E-state index contributed by atoms with van der Waals surface area (Å²) in [4.78, 5) is 4.27. The second kappa shape index (κ2) is 4.43. The van der Waals surface area contributed by atoms with Crippen molar-refractivity contribution in [2.24, 2.45) is 0 Å². The fraction of sp³-hybridized carbons (Fsp3) is 0.100. The van der Waals surface area contributed by atoms with Gasteiger partial charge in [-0.25, -0.2) is 4.98 Å². The molecule has 15 heavy (non-hydrogen) atoms. The van der Waals surface area contributed by atoms with Gasteiger partial charge in [0, 0.05) is 10.9 Å². The molecular formula is C10H8ClNOS2. The first-order valence-corrected chi connectivity index (χ1v) is 5.89. The van der Waals surface area contributed by atoms with Crippen LogP contribution in [0.2, 0.25) is 5.02 Å². The maximum atomic E-state index is 5.93. The van der Waals surface area contributed by atoms with Crippen molar-refractivity contribution in [3.63, 3.8) is 0 Å². The molecule has 1 heterocycles. The molecule has 0 bridgehead atoms. The zero-order valence-electron chi connectivity index (χ0n) is 7.90. The Morgan fingerprint density at radius 1 is 1.47 bits per heavy atom. The number of halogens is 1. The second-order valence-electron chi connectivity index (χ2n) is 2.86. The van der Waals surface area contributed by atoms with Crippen LogP contribution in [0.15, 0.2) is 28.6 Å². The fourth-order valence-corrected chi connectivity index (χ4v) is 2.39. The highest BCUT2D eigenvalue weighted by atomic mass is 35.5. The average Bonchev–Trinajstić information content (AvgIpc) is 2.66. The molecule has 1 aromatic carbocycles. The highest BCUT2D eigenvalue weighted by Crippen LogP contribution is 2.32. The van der Waals surface area contributed by atoms with E-state index in [-0.39, 0.29) is 0 Å². The molecule has 0 atom stereocenters. The Morgan fingerprint density at radius 2 is 2.27 bits per heavy atom. The summed E-state index contributed by atoms with van der Waals surface area (Å²) in [6.07, 6.45) is 0. The van der Waals surface area contributed by atoms with E-state index in [4.69, 9.17) is 16.3 Å². The van der Waals surface area contributed by atoms with Gasteiger partial charge in [-0.05, 0) is 12.1 Å². The van der Waals surface area contributed by atoms with Crippen molar-refractivity contribution in [2.75, 3.05) is 7.11 Å². The average molecular weight is 258 g/mol. The standard InChI is InChI=1S/C10H8ClNOS2/c1-13-8-4-6(2-3-7(8)11)10-12-9(14)5-15-10/h2-5,14H,1H3. The molecule has 0 fully saturated rings. The number of rotatable bonds is 2. The number of methoxy groups -OCH3 is 1. The molecular weight excluding hydrogens is 250 g/mol. The van der Waals surface area contributed by atoms with E-state index >= 15 is 0 Å². The van der Waals surface area contributed by atoms with Crippen LogP contribution in [0.5, 0.6) is 5.75 Å². The number of hydrogen-bond donors (Lipinski definition) is 1. The van der Waals surface area contributed by atoms with Crippen molar-refractivity contribution in [3.05, 3.63) is 28.6 Å². The SMILES string of the molecule is COc1cc(-c2nc(S)cs2)ccc1Cl. The van der Waals surface area contributed by atoms with E-state index in [2.05, 4.69) is 17.6 Å². The van der Waals surface area contributed by atoms with Crippen LogP contribution in [-0.4, -0.2) is 12.1 Å². The number of thiol groups is 1. The van der Waals surface area contributed by atoms with Crippen molar-refractivity contribution < 1.29 is 4.74 Å². The van der Waals surface area contributed by atoms with Crippen LogP contribution in [-0.2, 0) is 0 Å². The summed E-state index contributed by atoms with van der Waals surface area (Å²) in [6, 6.07) is 5.58. The first-order chi connectivity index (χ1) is 7.20. The van der Waals surface area contributed by atoms with Gasteiger partial charge in [-0.3, -0.25) is 0 Å². The van der Waals surface area contributed by atoms with Crippen LogP contribution >= 0.6 is 35.6 Å². The van der Waals surface area contributed by atoms with Crippen LogP contribution in [0.1, 0.15) is 0 Å². The molecule has 0 amide bonds. The summed E-state index contributed by atoms with van der Waals surface area (Å²) in [5.41, 5.74) is 0.988. The molecule has 0 aliphatic carbocycles. The van der Waals surface area contributed by atoms with Crippen molar-refractivity contribution in [3.8, 4) is 16.3 Å². The molecule has 2 nitrogen and oxygen atoms in total. The highest BCUT2D eigenvalue weighted by Gasteiger charge is 2.06. The summed E-state index contributed by atoms with van der Waals surface area (Å²) in [6.45, 7) is 0. The Hall–Kier alpha value is -0.710. The lowest BCUT2D eigenvalue weighted by molar-refractivity contribution is 0.415. The fourth-order valence-electron chi connectivity index (χ4n) is 1.19. The smallest absolute Gasteiger partial charge is 0.138 e. The van der Waals surface area contributed by atoms with Gasteiger partial charge in [0.05, 0.1) is 12.1 Å². The van der Waals surface area contributed by atoms with Crippen LogP contribution in [0.3, 0.4) is 0 Å². The summed E-state index contributed by atoms with van der Waals surface area (Å²) < 4.78 is 5.14.